The summed E-state index contributed by atoms with van der Waals surface area (Å²) in [6.07, 6.45) is 5.39. The molecular formula is C23H27N3OS. The van der Waals surface area contributed by atoms with E-state index in [4.69, 9.17) is 12.2 Å². The molecule has 2 fully saturated rings. The third-order valence-corrected chi connectivity index (χ3v) is 6.16. The first-order valence-electron chi connectivity index (χ1n) is 10.1. The summed E-state index contributed by atoms with van der Waals surface area (Å²) < 4.78 is 0. The average Bonchev–Trinajstić information content (AvgIpc) is 2.68. The van der Waals surface area contributed by atoms with Gasteiger partial charge in [-0.15, -0.1) is 0 Å². The van der Waals surface area contributed by atoms with Gasteiger partial charge in [-0.3, -0.25) is 4.79 Å². The fraction of sp³-hybridized carbons (Fsp3) is 0.391. The van der Waals surface area contributed by atoms with E-state index in [9.17, 15) is 4.79 Å². The molecule has 2 bridgehead atoms. The van der Waals surface area contributed by atoms with Gasteiger partial charge in [-0.25, -0.2) is 0 Å². The number of thiocarbonyl (C=S) groups is 1. The van der Waals surface area contributed by atoms with Gasteiger partial charge in [-0.2, -0.15) is 0 Å². The van der Waals surface area contributed by atoms with Crippen LogP contribution in [0, 0.1) is 6.92 Å². The molecule has 4 rings (SSSR count). The Balaban J connectivity index is 1.42. The van der Waals surface area contributed by atoms with Gasteiger partial charge in [-0.05, 0) is 75.5 Å². The lowest BCUT2D eigenvalue weighted by Gasteiger charge is -2.50. The number of amides is 1. The van der Waals surface area contributed by atoms with Crippen LogP contribution >= 0.6 is 12.2 Å². The predicted octanol–water partition coefficient (Wildman–Crippen LogP) is 4.51. The Morgan fingerprint density at radius 3 is 2.43 bits per heavy atom. The number of nitrogens with one attached hydrogen (secondary N) is 2. The van der Waals surface area contributed by atoms with Crippen LogP contribution in [0.3, 0.4) is 0 Å². The highest BCUT2D eigenvalue weighted by Gasteiger charge is 2.40. The molecular weight excluding hydrogens is 366 g/mol. The Kier molecular flexibility index (Phi) is 5.62. The van der Waals surface area contributed by atoms with Gasteiger partial charge < -0.3 is 15.5 Å². The second kappa shape index (κ2) is 8.31. The number of nitrogens with zero attached hydrogens (tertiary/aromatic N) is 1. The van der Waals surface area contributed by atoms with Gasteiger partial charge in [0.1, 0.15) is 0 Å². The van der Waals surface area contributed by atoms with Crippen molar-refractivity contribution in [3.8, 4) is 0 Å². The standard InChI is InChI=1S/C23H27N3OS/c1-16-7-5-8-17(13-16)22(27)24-19-14-20-11-6-12-21(15-19)26(20)23(28)25-18-9-3-2-4-10-18/h2-5,7-10,13,19-21H,6,11-12,14-15H2,1H3,(H,24,27)(H,25,28). The zero-order chi connectivity index (χ0) is 19.5. The zero-order valence-corrected chi connectivity index (χ0v) is 17.0. The van der Waals surface area contributed by atoms with Crippen LogP contribution in [0.2, 0.25) is 0 Å². The Bertz CT molecular complexity index is 840. The number of anilines is 1. The number of hydrogen-bond donors (Lipinski definition) is 2. The number of aryl methyl sites for hydroxylation is 1. The summed E-state index contributed by atoms with van der Waals surface area (Å²) in [7, 11) is 0. The van der Waals surface area contributed by atoms with Crippen LogP contribution in [0.25, 0.3) is 0 Å². The first kappa shape index (κ1) is 18.9. The number of carbonyl (C=O) groups excluding carboxylic acids is 1. The first-order valence-corrected chi connectivity index (χ1v) is 10.5. The molecule has 2 unspecified atom stereocenters. The van der Waals surface area contributed by atoms with Crippen LogP contribution < -0.4 is 10.6 Å². The molecule has 2 saturated heterocycles. The number of fused-ring (bicyclic) bond motifs is 2. The van der Waals surface area contributed by atoms with Crippen molar-refractivity contribution in [1.82, 2.24) is 10.2 Å². The summed E-state index contributed by atoms with van der Waals surface area (Å²) in [6.45, 7) is 2.01. The minimum Gasteiger partial charge on any atom is -0.349 e. The number of hydrogen-bond acceptors (Lipinski definition) is 2. The van der Waals surface area contributed by atoms with E-state index < -0.39 is 0 Å². The third kappa shape index (κ3) is 4.20. The Morgan fingerprint density at radius 2 is 1.75 bits per heavy atom. The normalized spacial score (nSPS) is 23.8. The number of carbonyl (C=O) groups is 1. The Labute approximate surface area is 172 Å². The predicted molar refractivity (Wildman–Crippen MR) is 118 cm³/mol. The molecule has 2 atom stereocenters. The summed E-state index contributed by atoms with van der Waals surface area (Å²) >= 11 is 5.76. The highest BCUT2D eigenvalue weighted by Crippen LogP contribution is 2.34. The van der Waals surface area contributed by atoms with Crippen LogP contribution in [-0.2, 0) is 0 Å². The molecule has 2 heterocycles. The van der Waals surface area contributed by atoms with Crippen LogP contribution in [0.1, 0.15) is 48.0 Å². The smallest absolute Gasteiger partial charge is 0.251 e. The van der Waals surface area contributed by atoms with Gasteiger partial charge in [0, 0.05) is 29.4 Å². The van der Waals surface area contributed by atoms with Crippen LogP contribution in [0.4, 0.5) is 5.69 Å². The van der Waals surface area contributed by atoms with Crippen molar-refractivity contribution in [3.63, 3.8) is 0 Å². The van der Waals surface area contributed by atoms with E-state index >= 15 is 0 Å². The van der Waals surface area contributed by atoms with Crippen molar-refractivity contribution in [2.45, 2.75) is 57.2 Å². The van der Waals surface area contributed by atoms with Crippen LogP contribution in [-0.4, -0.2) is 34.0 Å². The number of piperidine rings is 2. The lowest BCUT2D eigenvalue weighted by molar-refractivity contribution is 0.0755. The molecule has 0 spiro atoms. The molecule has 2 aliphatic heterocycles. The number of benzene rings is 2. The second-order valence-corrected chi connectivity index (χ2v) is 8.34. The van der Waals surface area contributed by atoms with E-state index in [2.05, 4.69) is 15.5 Å². The monoisotopic (exact) mass is 393 g/mol. The average molecular weight is 394 g/mol. The minimum atomic E-state index is 0.0326. The molecule has 2 aromatic carbocycles. The molecule has 28 heavy (non-hydrogen) atoms. The first-order chi connectivity index (χ1) is 13.6. The zero-order valence-electron chi connectivity index (χ0n) is 16.2. The van der Waals surface area contributed by atoms with Crippen LogP contribution in [0.15, 0.2) is 54.6 Å². The highest BCUT2D eigenvalue weighted by molar-refractivity contribution is 7.80. The van der Waals surface area contributed by atoms with Gasteiger partial charge in [0.25, 0.3) is 5.91 Å². The summed E-state index contributed by atoms with van der Waals surface area (Å²) in [5.74, 6) is 0.0326. The Morgan fingerprint density at radius 1 is 1.04 bits per heavy atom. The van der Waals surface area contributed by atoms with Crippen molar-refractivity contribution in [1.29, 1.82) is 0 Å². The topological polar surface area (TPSA) is 44.4 Å². The van der Waals surface area contributed by atoms with E-state index in [-0.39, 0.29) is 11.9 Å². The van der Waals surface area contributed by atoms with Gasteiger partial charge in [0.15, 0.2) is 5.11 Å². The molecule has 2 N–H and O–H groups in total. The van der Waals surface area contributed by atoms with Gasteiger partial charge in [0.2, 0.25) is 0 Å². The maximum atomic E-state index is 12.7. The fourth-order valence-electron chi connectivity index (χ4n) is 4.60. The molecule has 2 aromatic rings. The van der Waals surface area contributed by atoms with E-state index in [0.29, 0.717) is 12.1 Å². The molecule has 4 nitrogen and oxygen atoms in total. The van der Waals surface area contributed by atoms with Gasteiger partial charge in [0.05, 0.1) is 0 Å². The molecule has 2 aliphatic rings. The Hall–Kier alpha value is -2.40. The summed E-state index contributed by atoms with van der Waals surface area (Å²) in [5, 5.41) is 7.48. The van der Waals surface area contributed by atoms with Crippen molar-refractivity contribution < 1.29 is 4.79 Å². The van der Waals surface area contributed by atoms with Crippen molar-refractivity contribution >= 4 is 28.9 Å². The molecule has 0 saturated carbocycles. The quantitative estimate of drug-likeness (QED) is 0.753. The van der Waals surface area contributed by atoms with Crippen molar-refractivity contribution in [2.24, 2.45) is 0 Å². The maximum Gasteiger partial charge on any atom is 0.251 e. The van der Waals surface area contributed by atoms with Crippen molar-refractivity contribution in [2.75, 3.05) is 5.32 Å². The largest absolute Gasteiger partial charge is 0.349 e. The van der Waals surface area contributed by atoms with Gasteiger partial charge in [-0.1, -0.05) is 35.9 Å². The summed E-state index contributed by atoms with van der Waals surface area (Å²) in [6, 6.07) is 18.9. The lowest BCUT2D eigenvalue weighted by Crippen LogP contribution is -2.59. The molecule has 146 valence electrons. The SMILES string of the molecule is Cc1cccc(C(=O)NC2CC3CCCC(C2)N3C(=S)Nc2ccccc2)c1. The number of para-hydroxylation sites is 1. The van der Waals surface area contributed by atoms with Gasteiger partial charge >= 0.3 is 0 Å². The molecule has 0 radical (unpaired) electrons. The van der Waals surface area contributed by atoms with E-state index in [1.807, 2.05) is 61.5 Å². The minimum absolute atomic E-state index is 0.0326. The molecule has 5 heteroatoms. The fourth-order valence-corrected chi connectivity index (χ4v) is 5.01. The summed E-state index contributed by atoms with van der Waals surface area (Å²) in [5.41, 5.74) is 2.88. The molecule has 1 amide bonds. The van der Waals surface area contributed by atoms with E-state index in [0.717, 1.165) is 47.6 Å². The van der Waals surface area contributed by atoms with E-state index in [1.54, 1.807) is 0 Å². The van der Waals surface area contributed by atoms with Crippen LogP contribution in [0.5, 0.6) is 0 Å². The third-order valence-electron chi connectivity index (χ3n) is 5.85. The maximum absolute atomic E-state index is 12.7. The van der Waals surface area contributed by atoms with Crippen molar-refractivity contribution in [3.05, 3.63) is 65.7 Å². The molecule has 0 aromatic heterocycles. The lowest BCUT2D eigenvalue weighted by atomic mass is 9.82. The summed E-state index contributed by atoms with van der Waals surface area (Å²) in [4.78, 5) is 15.1. The van der Waals surface area contributed by atoms with E-state index in [1.165, 1.54) is 6.42 Å². The molecule has 0 aliphatic carbocycles. The second-order valence-electron chi connectivity index (χ2n) is 7.95. The number of rotatable bonds is 3. The highest BCUT2D eigenvalue weighted by atomic mass is 32.1.